The van der Waals surface area contributed by atoms with Crippen molar-refractivity contribution in [2.75, 3.05) is 13.2 Å². The highest BCUT2D eigenvalue weighted by Gasteiger charge is 2.28. The number of benzene rings is 5. The number of nitrogens with zero attached hydrogens (tertiary/aromatic N) is 1. The molecule has 0 fully saturated rings. The third-order valence-corrected chi connectivity index (χ3v) is 6.01. The lowest BCUT2D eigenvalue weighted by molar-refractivity contribution is 0.0529. The third kappa shape index (κ3) is 4.75. The monoisotopic (exact) mass is 489 g/mol. The van der Waals surface area contributed by atoms with Gasteiger partial charge >= 0.3 is 5.97 Å². The fourth-order valence-electron chi connectivity index (χ4n) is 4.65. The van der Waals surface area contributed by atoms with Crippen LogP contribution >= 0.6 is 0 Å². The maximum atomic E-state index is 13.4. The number of nitriles is 1. The van der Waals surface area contributed by atoms with Crippen LogP contribution in [0.25, 0.3) is 43.8 Å². The van der Waals surface area contributed by atoms with E-state index in [0.29, 0.717) is 21.9 Å². The third-order valence-electron chi connectivity index (χ3n) is 6.01. The number of rotatable bonds is 4. The zero-order valence-corrected chi connectivity index (χ0v) is 20.7. The van der Waals surface area contributed by atoms with Crippen molar-refractivity contribution in [1.29, 1.82) is 5.26 Å². The summed E-state index contributed by atoms with van der Waals surface area (Å²) in [5, 5.41) is 31.7. The Morgan fingerprint density at radius 2 is 1.32 bits per heavy atom. The molecule has 0 radical (unpaired) electrons. The van der Waals surface area contributed by atoms with Crippen LogP contribution in [0.3, 0.4) is 0 Å². The molecule has 5 heteroatoms. The average molecular weight is 490 g/mol. The van der Waals surface area contributed by atoms with Gasteiger partial charge in [0.2, 0.25) is 0 Å². The van der Waals surface area contributed by atoms with Gasteiger partial charge in [-0.1, -0.05) is 84.9 Å². The molecule has 184 valence electrons. The predicted molar refractivity (Wildman–Crippen MR) is 147 cm³/mol. The molecule has 5 aromatic rings. The Hall–Kier alpha value is -4.66. The Morgan fingerprint density at radius 3 is 1.86 bits per heavy atom. The smallest absolute Gasteiger partial charge is 0.339 e. The number of ether oxygens (including phenoxy) is 1. The van der Waals surface area contributed by atoms with Gasteiger partial charge in [0.15, 0.2) is 0 Å². The minimum atomic E-state index is -0.530. The number of phenolic OH excluding ortho intramolecular Hbond substituents is 1. The van der Waals surface area contributed by atoms with Crippen molar-refractivity contribution < 1.29 is 19.7 Å². The summed E-state index contributed by atoms with van der Waals surface area (Å²) in [6.45, 7) is 3.87. The van der Waals surface area contributed by atoms with Gasteiger partial charge in [0.25, 0.3) is 0 Å². The van der Waals surface area contributed by atoms with E-state index in [1.165, 1.54) is 0 Å². The average Bonchev–Trinajstić information content (AvgIpc) is 2.93. The number of aliphatic hydroxyl groups is 1. The van der Waals surface area contributed by atoms with Gasteiger partial charge in [-0.25, -0.2) is 4.79 Å². The first kappa shape index (κ1) is 25.4. The highest BCUT2D eigenvalue weighted by molar-refractivity contribution is 6.25. The van der Waals surface area contributed by atoms with Crippen LogP contribution < -0.4 is 0 Å². The minimum Gasteiger partial charge on any atom is -0.507 e. The number of hydrogen-bond donors (Lipinski definition) is 2. The lowest BCUT2D eigenvalue weighted by atomic mass is 9.82. The summed E-state index contributed by atoms with van der Waals surface area (Å²) < 4.78 is 5.47. The normalized spacial score (nSPS) is 10.4. The van der Waals surface area contributed by atoms with Gasteiger partial charge < -0.3 is 14.9 Å². The zero-order valence-electron chi connectivity index (χ0n) is 20.7. The molecule has 0 heterocycles. The summed E-state index contributed by atoms with van der Waals surface area (Å²) >= 11 is 0. The summed E-state index contributed by atoms with van der Waals surface area (Å²) in [5.41, 5.74) is 3.48. The summed E-state index contributed by atoms with van der Waals surface area (Å²) in [7, 11) is 0. The molecule has 0 aliphatic rings. The van der Waals surface area contributed by atoms with Gasteiger partial charge in [-0.2, -0.15) is 5.26 Å². The largest absolute Gasteiger partial charge is 0.507 e. The fourth-order valence-corrected chi connectivity index (χ4v) is 4.65. The first-order valence-electron chi connectivity index (χ1n) is 12.1. The van der Waals surface area contributed by atoms with Crippen LogP contribution in [0.15, 0.2) is 91.0 Å². The van der Waals surface area contributed by atoms with E-state index in [-0.39, 0.29) is 24.5 Å². The number of hydrogen-bond acceptors (Lipinski definition) is 5. The van der Waals surface area contributed by atoms with Crippen molar-refractivity contribution in [2.24, 2.45) is 0 Å². The Labute approximate surface area is 215 Å². The molecular formula is C32H27NO4. The van der Waals surface area contributed by atoms with Crippen molar-refractivity contribution >= 4 is 27.5 Å². The van der Waals surface area contributed by atoms with E-state index in [1.54, 1.807) is 19.9 Å². The molecular weight excluding hydrogens is 462 g/mol. The maximum absolute atomic E-state index is 13.4. The Kier molecular flexibility index (Phi) is 7.83. The zero-order chi connectivity index (χ0) is 26.4. The lowest BCUT2D eigenvalue weighted by Gasteiger charge is -2.21. The molecule has 37 heavy (non-hydrogen) atoms. The second kappa shape index (κ2) is 11.4. The molecule has 0 aliphatic heterocycles. The van der Waals surface area contributed by atoms with Crippen LogP contribution in [0.2, 0.25) is 0 Å². The summed E-state index contributed by atoms with van der Waals surface area (Å²) in [4.78, 5) is 13.4. The van der Waals surface area contributed by atoms with E-state index in [4.69, 9.17) is 9.84 Å². The van der Waals surface area contributed by atoms with E-state index in [0.717, 1.165) is 27.5 Å². The molecule has 0 atom stereocenters. The Balaban J connectivity index is 0.00000102. The SMILES string of the molecule is CCO.CCOC(=O)c1c(-c2ccccc2)c(C#N)c(-c2ccccc2)c2c1cc(O)c1ccccc12. The molecule has 0 spiro atoms. The predicted octanol–water partition coefficient (Wildman–Crippen LogP) is 7.08. The van der Waals surface area contributed by atoms with Gasteiger partial charge in [-0.3, -0.25) is 0 Å². The molecule has 0 bridgehead atoms. The fraction of sp³-hybridized carbons (Fsp3) is 0.125. The molecule has 0 unspecified atom stereocenters. The van der Waals surface area contributed by atoms with Gasteiger partial charge in [-0.05, 0) is 41.8 Å². The van der Waals surface area contributed by atoms with Gasteiger partial charge in [0.1, 0.15) is 11.8 Å². The first-order valence-corrected chi connectivity index (χ1v) is 12.1. The van der Waals surface area contributed by atoms with Crippen LogP contribution in [0.4, 0.5) is 0 Å². The molecule has 0 saturated carbocycles. The van der Waals surface area contributed by atoms with Crippen LogP contribution in [0.5, 0.6) is 5.75 Å². The molecule has 0 saturated heterocycles. The van der Waals surface area contributed by atoms with E-state index in [9.17, 15) is 15.2 Å². The summed E-state index contributed by atoms with van der Waals surface area (Å²) in [6.07, 6.45) is 0. The number of carbonyl (C=O) groups is 1. The van der Waals surface area contributed by atoms with Crippen LogP contribution in [-0.4, -0.2) is 29.4 Å². The van der Waals surface area contributed by atoms with E-state index in [2.05, 4.69) is 6.07 Å². The van der Waals surface area contributed by atoms with Crippen LogP contribution in [0.1, 0.15) is 29.8 Å². The second-order valence-electron chi connectivity index (χ2n) is 8.24. The number of carbonyl (C=O) groups excluding carboxylic acids is 1. The van der Waals surface area contributed by atoms with E-state index >= 15 is 0 Å². The number of esters is 1. The second-order valence-corrected chi connectivity index (χ2v) is 8.24. The van der Waals surface area contributed by atoms with Gasteiger partial charge in [0, 0.05) is 28.5 Å². The van der Waals surface area contributed by atoms with Crippen molar-refractivity contribution in [3.05, 3.63) is 102 Å². The first-order chi connectivity index (χ1) is 18.1. The number of aromatic hydroxyl groups is 1. The van der Waals surface area contributed by atoms with Crippen LogP contribution in [-0.2, 0) is 4.74 Å². The Morgan fingerprint density at radius 1 is 0.811 bits per heavy atom. The highest BCUT2D eigenvalue weighted by Crippen LogP contribution is 2.46. The molecule has 5 aromatic carbocycles. The van der Waals surface area contributed by atoms with Crippen molar-refractivity contribution in [3.8, 4) is 34.1 Å². The minimum absolute atomic E-state index is 0.0661. The van der Waals surface area contributed by atoms with E-state index in [1.807, 2.05) is 84.9 Å². The quantitative estimate of drug-likeness (QED) is 0.208. The van der Waals surface area contributed by atoms with Gasteiger partial charge in [-0.15, -0.1) is 0 Å². The molecule has 5 nitrogen and oxygen atoms in total. The summed E-state index contributed by atoms with van der Waals surface area (Å²) in [5.74, 6) is -0.464. The Bertz CT molecular complexity index is 1600. The maximum Gasteiger partial charge on any atom is 0.339 e. The topological polar surface area (TPSA) is 90.5 Å². The molecule has 2 N–H and O–H groups in total. The summed E-state index contributed by atoms with van der Waals surface area (Å²) in [6, 6.07) is 30.5. The highest BCUT2D eigenvalue weighted by atomic mass is 16.5. The molecule has 5 rings (SSSR count). The van der Waals surface area contributed by atoms with Crippen LogP contribution in [0, 0.1) is 11.3 Å². The molecule has 0 amide bonds. The number of aliphatic hydroxyl groups excluding tert-OH is 1. The lowest BCUT2D eigenvalue weighted by Crippen LogP contribution is -2.10. The van der Waals surface area contributed by atoms with E-state index < -0.39 is 5.97 Å². The van der Waals surface area contributed by atoms with Gasteiger partial charge in [0.05, 0.1) is 17.7 Å². The standard InChI is InChI=1S/C30H21NO3.C2H6O/c1-2-34-30(33)29-23-17-25(32)21-15-9-10-16-22(21)28(23)26(19-11-5-3-6-12-19)24(18-31)27(29)20-13-7-4-8-14-20;1-2-3/h3-17,32H,2H2,1H3;3H,2H2,1H3. The molecule has 0 aliphatic carbocycles. The van der Waals surface area contributed by atoms with Crippen molar-refractivity contribution in [2.45, 2.75) is 13.8 Å². The van der Waals surface area contributed by atoms with Crippen molar-refractivity contribution in [1.82, 2.24) is 0 Å². The molecule has 0 aromatic heterocycles. The van der Waals surface area contributed by atoms with Crippen molar-refractivity contribution in [3.63, 3.8) is 0 Å². The number of phenols is 1. The number of fused-ring (bicyclic) bond motifs is 3.